The zero-order chi connectivity index (χ0) is 17.6. The molecule has 0 saturated carbocycles. The molecule has 1 aliphatic rings. The molecular weight excluding hydrogens is 316 g/mol. The lowest BCUT2D eigenvalue weighted by atomic mass is 10.0. The third-order valence-corrected chi connectivity index (χ3v) is 3.80. The van der Waals surface area contributed by atoms with E-state index >= 15 is 0 Å². The summed E-state index contributed by atoms with van der Waals surface area (Å²) < 4.78 is 11.0. The molecule has 25 heavy (non-hydrogen) atoms. The van der Waals surface area contributed by atoms with E-state index in [1.165, 1.54) is 0 Å². The maximum atomic E-state index is 12.3. The Kier molecular flexibility index (Phi) is 5.09. The van der Waals surface area contributed by atoms with Crippen molar-refractivity contribution in [3.05, 3.63) is 95.5 Å². The van der Waals surface area contributed by atoms with Crippen LogP contribution in [0.2, 0.25) is 0 Å². The van der Waals surface area contributed by atoms with Crippen molar-refractivity contribution in [1.29, 1.82) is 0 Å². The Morgan fingerprint density at radius 1 is 0.840 bits per heavy atom. The van der Waals surface area contributed by atoms with Gasteiger partial charge >= 0.3 is 11.9 Å². The fourth-order valence-electron chi connectivity index (χ4n) is 2.47. The maximum Gasteiger partial charge on any atom is 0.343 e. The highest BCUT2D eigenvalue weighted by atomic mass is 16.6. The van der Waals surface area contributed by atoms with E-state index in [4.69, 9.17) is 9.47 Å². The smallest absolute Gasteiger partial charge is 0.343 e. The van der Waals surface area contributed by atoms with Crippen LogP contribution >= 0.6 is 0 Å². The second-order valence-corrected chi connectivity index (χ2v) is 5.84. The van der Waals surface area contributed by atoms with E-state index in [9.17, 15) is 9.59 Å². The summed E-state index contributed by atoms with van der Waals surface area (Å²) in [5.74, 6) is -0.114. The standard InChI is InChI=1S/C21H18O4/c1-15-12-13-18(24-20(22)16-8-4-2-5-9-16)19(14-15)25-21(23)17-10-6-3-7-11-17/h2-13,15H,14H2,1H3. The van der Waals surface area contributed by atoms with Gasteiger partial charge in [0.1, 0.15) is 0 Å². The van der Waals surface area contributed by atoms with Gasteiger partial charge in [0.05, 0.1) is 11.1 Å². The van der Waals surface area contributed by atoms with Gasteiger partial charge in [-0.3, -0.25) is 0 Å². The number of ether oxygens (including phenoxy) is 2. The van der Waals surface area contributed by atoms with Crippen molar-refractivity contribution in [3.63, 3.8) is 0 Å². The minimum atomic E-state index is -0.483. The van der Waals surface area contributed by atoms with Crippen molar-refractivity contribution < 1.29 is 19.1 Å². The van der Waals surface area contributed by atoms with Crippen LogP contribution in [0.25, 0.3) is 0 Å². The van der Waals surface area contributed by atoms with Gasteiger partial charge in [0.2, 0.25) is 0 Å². The van der Waals surface area contributed by atoms with Crippen molar-refractivity contribution in [2.24, 2.45) is 5.92 Å². The van der Waals surface area contributed by atoms with Crippen LogP contribution < -0.4 is 0 Å². The molecule has 0 N–H and O–H groups in total. The first-order chi connectivity index (χ1) is 12.1. The van der Waals surface area contributed by atoms with Crippen molar-refractivity contribution >= 4 is 11.9 Å². The average molecular weight is 334 g/mol. The van der Waals surface area contributed by atoms with Gasteiger partial charge in [-0.15, -0.1) is 0 Å². The predicted molar refractivity (Wildman–Crippen MR) is 93.7 cm³/mol. The number of hydrogen-bond acceptors (Lipinski definition) is 4. The number of hydrogen-bond donors (Lipinski definition) is 0. The molecule has 0 saturated heterocycles. The molecule has 2 aromatic carbocycles. The Bertz CT molecular complexity index is 819. The maximum absolute atomic E-state index is 12.3. The molecule has 0 aromatic heterocycles. The highest BCUT2D eigenvalue weighted by Gasteiger charge is 2.22. The van der Waals surface area contributed by atoms with E-state index in [-0.39, 0.29) is 11.7 Å². The zero-order valence-corrected chi connectivity index (χ0v) is 13.8. The molecule has 0 fully saturated rings. The Labute approximate surface area is 146 Å². The summed E-state index contributed by atoms with van der Waals surface area (Å²) in [4.78, 5) is 24.6. The molecule has 4 heteroatoms. The number of esters is 2. The third-order valence-electron chi connectivity index (χ3n) is 3.80. The number of carbonyl (C=O) groups excluding carboxylic acids is 2. The summed E-state index contributed by atoms with van der Waals surface area (Å²) in [6.07, 6.45) is 4.10. The molecule has 4 nitrogen and oxygen atoms in total. The fraction of sp³-hybridized carbons (Fsp3) is 0.143. The predicted octanol–water partition coefficient (Wildman–Crippen LogP) is 4.51. The van der Waals surface area contributed by atoms with Gasteiger partial charge in [-0.1, -0.05) is 49.4 Å². The molecule has 0 spiro atoms. The van der Waals surface area contributed by atoms with Crippen LogP contribution in [0.15, 0.2) is 84.3 Å². The largest absolute Gasteiger partial charge is 0.423 e. The fourth-order valence-corrected chi connectivity index (χ4v) is 2.47. The van der Waals surface area contributed by atoms with Crippen LogP contribution in [0.4, 0.5) is 0 Å². The van der Waals surface area contributed by atoms with Crippen LogP contribution in [0, 0.1) is 5.92 Å². The molecule has 126 valence electrons. The van der Waals surface area contributed by atoms with Crippen LogP contribution in [0.3, 0.4) is 0 Å². The van der Waals surface area contributed by atoms with Gasteiger partial charge in [0, 0.05) is 6.42 Å². The van der Waals surface area contributed by atoms with E-state index in [1.807, 2.05) is 25.1 Å². The Balaban J connectivity index is 1.80. The number of benzene rings is 2. The van der Waals surface area contributed by atoms with Crippen LogP contribution in [-0.4, -0.2) is 11.9 Å². The first kappa shape index (κ1) is 16.7. The van der Waals surface area contributed by atoms with E-state index in [0.717, 1.165) is 0 Å². The molecule has 0 aliphatic heterocycles. The molecule has 1 atom stereocenters. The first-order valence-corrected chi connectivity index (χ1v) is 8.09. The molecule has 2 aromatic rings. The summed E-state index contributed by atoms with van der Waals surface area (Å²) >= 11 is 0. The lowest BCUT2D eigenvalue weighted by molar-refractivity contribution is 0.0519. The minimum Gasteiger partial charge on any atom is -0.423 e. The third kappa shape index (κ3) is 4.23. The lowest BCUT2D eigenvalue weighted by Gasteiger charge is -2.19. The first-order valence-electron chi connectivity index (χ1n) is 8.09. The van der Waals surface area contributed by atoms with Crippen LogP contribution in [0.5, 0.6) is 0 Å². The molecule has 0 bridgehead atoms. The van der Waals surface area contributed by atoms with Crippen LogP contribution in [0.1, 0.15) is 34.1 Å². The summed E-state index contributed by atoms with van der Waals surface area (Å²) in [5.41, 5.74) is 0.890. The molecule has 3 rings (SSSR count). The van der Waals surface area contributed by atoms with Gasteiger partial charge in [-0.05, 0) is 36.3 Å². The highest BCUT2D eigenvalue weighted by Crippen LogP contribution is 2.26. The molecule has 0 radical (unpaired) electrons. The summed E-state index contributed by atoms with van der Waals surface area (Å²) in [5, 5.41) is 0. The van der Waals surface area contributed by atoms with Crippen molar-refractivity contribution in [1.82, 2.24) is 0 Å². The van der Waals surface area contributed by atoms with Gasteiger partial charge in [-0.25, -0.2) is 9.59 Å². The van der Waals surface area contributed by atoms with Crippen LogP contribution in [-0.2, 0) is 9.47 Å². The average Bonchev–Trinajstić information content (AvgIpc) is 2.65. The summed E-state index contributed by atoms with van der Waals surface area (Å²) in [6, 6.07) is 17.4. The van der Waals surface area contributed by atoms with Gasteiger partial charge in [0.25, 0.3) is 0 Å². The normalized spacial score (nSPS) is 16.4. The quantitative estimate of drug-likeness (QED) is 0.772. The second kappa shape index (κ2) is 7.62. The second-order valence-electron chi connectivity index (χ2n) is 5.84. The Hall–Kier alpha value is -3.14. The van der Waals surface area contributed by atoms with Gasteiger partial charge < -0.3 is 9.47 Å². The lowest BCUT2D eigenvalue weighted by Crippen LogP contribution is -2.14. The van der Waals surface area contributed by atoms with E-state index in [2.05, 4.69) is 0 Å². The molecule has 1 unspecified atom stereocenters. The van der Waals surface area contributed by atoms with Crippen molar-refractivity contribution in [3.8, 4) is 0 Å². The molecule has 0 amide bonds. The Morgan fingerprint density at radius 2 is 1.36 bits per heavy atom. The van der Waals surface area contributed by atoms with E-state index in [1.54, 1.807) is 54.6 Å². The van der Waals surface area contributed by atoms with E-state index in [0.29, 0.717) is 23.3 Å². The molecular formula is C21H18O4. The monoisotopic (exact) mass is 334 g/mol. The SMILES string of the molecule is CC1C=CC(OC(=O)c2ccccc2)=C(OC(=O)c2ccccc2)C1. The number of allylic oxidation sites excluding steroid dienone is 3. The zero-order valence-electron chi connectivity index (χ0n) is 13.8. The minimum absolute atomic E-state index is 0.192. The van der Waals surface area contributed by atoms with Crippen molar-refractivity contribution in [2.45, 2.75) is 13.3 Å². The summed E-state index contributed by atoms with van der Waals surface area (Å²) in [7, 11) is 0. The van der Waals surface area contributed by atoms with E-state index < -0.39 is 11.9 Å². The summed E-state index contributed by atoms with van der Waals surface area (Å²) in [6.45, 7) is 2.00. The van der Waals surface area contributed by atoms with Gasteiger partial charge in [0.15, 0.2) is 11.5 Å². The molecule has 1 aliphatic carbocycles. The number of rotatable bonds is 4. The Morgan fingerprint density at radius 3 is 1.92 bits per heavy atom. The highest BCUT2D eigenvalue weighted by molar-refractivity contribution is 5.91. The van der Waals surface area contributed by atoms with Gasteiger partial charge in [-0.2, -0.15) is 0 Å². The number of carbonyl (C=O) groups is 2. The molecule has 0 heterocycles. The topological polar surface area (TPSA) is 52.6 Å². The van der Waals surface area contributed by atoms with Crippen molar-refractivity contribution in [2.75, 3.05) is 0 Å².